The van der Waals surface area contributed by atoms with Crippen molar-refractivity contribution in [1.29, 1.82) is 0 Å². The van der Waals surface area contributed by atoms with Gasteiger partial charge in [0.1, 0.15) is 0 Å². The fraction of sp³-hybridized carbons (Fsp3) is 0.350. The van der Waals surface area contributed by atoms with Crippen molar-refractivity contribution >= 4 is 11.6 Å². The standard InChI is InChI=1S/C20H27N3O/c1-15-7-6-8-17(13-15)20(24)21-14-19(23(4)5)16-9-11-18(12-10-16)22(2)3/h6-13,19H,14H2,1-5H3,(H,21,24)/t19-/m0/s1. The SMILES string of the molecule is Cc1cccc(C(=O)NC[C@@H](c2ccc(N(C)C)cc2)N(C)C)c1. The van der Waals surface area contributed by atoms with E-state index in [9.17, 15) is 4.79 Å². The van der Waals surface area contributed by atoms with Gasteiger partial charge in [0.15, 0.2) is 0 Å². The van der Waals surface area contributed by atoms with Crippen LogP contribution in [0, 0.1) is 6.92 Å². The fourth-order valence-corrected chi connectivity index (χ4v) is 2.67. The summed E-state index contributed by atoms with van der Waals surface area (Å²) in [5.74, 6) is -0.0320. The number of likely N-dealkylation sites (N-methyl/N-ethyl adjacent to an activating group) is 1. The lowest BCUT2D eigenvalue weighted by atomic mass is 10.0. The van der Waals surface area contributed by atoms with Crippen molar-refractivity contribution in [3.05, 3.63) is 65.2 Å². The van der Waals surface area contributed by atoms with E-state index >= 15 is 0 Å². The predicted molar refractivity (Wildman–Crippen MR) is 101 cm³/mol. The van der Waals surface area contributed by atoms with Crippen LogP contribution in [0.1, 0.15) is 27.5 Å². The van der Waals surface area contributed by atoms with E-state index in [1.54, 1.807) is 0 Å². The Labute approximate surface area is 145 Å². The summed E-state index contributed by atoms with van der Waals surface area (Å²) in [6, 6.07) is 16.2. The van der Waals surface area contributed by atoms with Gasteiger partial charge in [-0.1, -0.05) is 29.8 Å². The number of hydrogen-bond acceptors (Lipinski definition) is 3. The summed E-state index contributed by atoms with van der Waals surface area (Å²) in [6.45, 7) is 2.56. The molecule has 0 fully saturated rings. The monoisotopic (exact) mass is 325 g/mol. The third-order valence-electron chi connectivity index (χ3n) is 4.15. The van der Waals surface area contributed by atoms with Gasteiger partial charge >= 0.3 is 0 Å². The molecule has 0 heterocycles. The first-order valence-electron chi connectivity index (χ1n) is 8.17. The van der Waals surface area contributed by atoms with Crippen LogP contribution in [0.25, 0.3) is 0 Å². The highest BCUT2D eigenvalue weighted by molar-refractivity contribution is 5.94. The number of benzene rings is 2. The number of amides is 1. The van der Waals surface area contributed by atoms with Crippen LogP contribution < -0.4 is 10.2 Å². The molecule has 0 radical (unpaired) electrons. The Hall–Kier alpha value is -2.33. The van der Waals surface area contributed by atoms with Gasteiger partial charge in [0.05, 0.1) is 6.04 Å². The zero-order chi connectivity index (χ0) is 17.7. The highest BCUT2D eigenvalue weighted by atomic mass is 16.1. The van der Waals surface area contributed by atoms with Gasteiger partial charge < -0.3 is 15.1 Å². The number of aryl methyl sites for hydroxylation is 1. The van der Waals surface area contributed by atoms with Crippen LogP contribution in [-0.2, 0) is 0 Å². The van der Waals surface area contributed by atoms with Crippen molar-refractivity contribution < 1.29 is 4.79 Å². The first kappa shape index (κ1) is 18.0. The molecule has 128 valence electrons. The number of carbonyl (C=O) groups excluding carboxylic acids is 1. The maximum atomic E-state index is 12.4. The molecule has 2 aromatic carbocycles. The molecule has 0 spiro atoms. The first-order valence-corrected chi connectivity index (χ1v) is 8.17. The summed E-state index contributed by atoms with van der Waals surface area (Å²) in [6.07, 6.45) is 0. The van der Waals surface area contributed by atoms with E-state index in [-0.39, 0.29) is 11.9 Å². The van der Waals surface area contributed by atoms with Crippen molar-refractivity contribution in [2.45, 2.75) is 13.0 Å². The molecule has 0 aromatic heterocycles. The fourth-order valence-electron chi connectivity index (χ4n) is 2.67. The van der Waals surface area contributed by atoms with Gasteiger partial charge in [0, 0.05) is 31.9 Å². The van der Waals surface area contributed by atoms with Crippen molar-refractivity contribution in [1.82, 2.24) is 10.2 Å². The topological polar surface area (TPSA) is 35.6 Å². The van der Waals surface area contributed by atoms with E-state index < -0.39 is 0 Å². The molecule has 0 aliphatic carbocycles. The van der Waals surface area contributed by atoms with E-state index in [0.717, 1.165) is 5.56 Å². The molecule has 2 aromatic rings. The lowest BCUT2D eigenvalue weighted by Gasteiger charge is -2.26. The Morgan fingerprint density at radius 1 is 1.04 bits per heavy atom. The van der Waals surface area contributed by atoms with Crippen molar-refractivity contribution in [2.75, 3.05) is 39.6 Å². The quantitative estimate of drug-likeness (QED) is 0.886. The second-order valence-electron chi connectivity index (χ2n) is 6.54. The Morgan fingerprint density at radius 2 is 1.71 bits per heavy atom. The molecule has 1 N–H and O–H groups in total. The third kappa shape index (κ3) is 4.59. The molecule has 4 nitrogen and oxygen atoms in total. The first-order chi connectivity index (χ1) is 11.4. The van der Waals surface area contributed by atoms with Crippen LogP contribution in [0.2, 0.25) is 0 Å². The Morgan fingerprint density at radius 3 is 2.25 bits per heavy atom. The minimum Gasteiger partial charge on any atom is -0.378 e. The largest absolute Gasteiger partial charge is 0.378 e. The highest BCUT2D eigenvalue weighted by Gasteiger charge is 2.16. The minimum atomic E-state index is -0.0320. The van der Waals surface area contributed by atoms with Gasteiger partial charge in [-0.25, -0.2) is 0 Å². The van der Waals surface area contributed by atoms with E-state index in [1.807, 2.05) is 59.4 Å². The van der Waals surface area contributed by atoms with Crippen LogP contribution in [0.3, 0.4) is 0 Å². The Kier molecular flexibility index (Phi) is 5.99. The molecule has 1 amide bonds. The number of nitrogens with zero attached hydrogens (tertiary/aromatic N) is 2. The average molecular weight is 325 g/mol. The van der Waals surface area contributed by atoms with Crippen LogP contribution in [0.4, 0.5) is 5.69 Å². The normalized spacial score (nSPS) is 12.1. The van der Waals surface area contributed by atoms with Gasteiger partial charge in [-0.15, -0.1) is 0 Å². The van der Waals surface area contributed by atoms with Crippen molar-refractivity contribution in [2.24, 2.45) is 0 Å². The van der Waals surface area contributed by atoms with Gasteiger partial charge in [-0.3, -0.25) is 4.79 Å². The second kappa shape index (κ2) is 7.97. The van der Waals surface area contributed by atoms with Crippen LogP contribution >= 0.6 is 0 Å². The molecular formula is C20H27N3O. The molecule has 4 heteroatoms. The summed E-state index contributed by atoms with van der Waals surface area (Å²) < 4.78 is 0. The molecule has 0 saturated carbocycles. The van der Waals surface area contributed by atoms with Crippen LogP contribution in [-0.4, -0.2) is 45.5 Å². The number of rotatable bonds is 6. The van der Waals surface area contributed by atoms with Crippen LogP contribution in [0.5, 0.6) is 0 Å². The predicted octanol–water partition coefficient (Wildman–Crippen LogP) is 3.09. The molecule has 0 saturated heterocycles. The average Bonchev–Trinajstić information content (AvgIpc) is 2.55. The van der Waals surface area contributed by atoms with Gasteiger partial charge in [0.25, 0.3) is 5.91 Å². The summed E-state index contributed by atoms with van der Waals surface area (Å²) in [5.41, 5.74) is 4.15. The number of nitrogens with one attached hydrogen (secondary N) is 1. The van der Waals surface area contributed by atoms with Crippen LogP contribution in [0.15, 0.2) is 48.5 Å². The summed E-state index contributed by atoms with van der Waals surface area (Å²) in [4.78, 5) is 16.6. The van der Waals surface area contributed by atoms with Crippen molar-refractivity contribution in [3.63, 3.8) is 0 Å². The molecular weight excluding hydrogens is 298 g/mol. The smallest absolute Gasteiger partial charge is 0.251 e. The molecule has 0 bridgehead atoms. The highest BCUT2D eigenvalue weighted by Crippen LogP contribution is 2.21. The molecule has 0 aliphatic rings. The minimum absolute atomic E-state index is 0.0320. The van der Waals surface area contributed by atoms with Gasteiger partial charge in [-0.05, 0) is 50.8 Å². The maximum absolute atomic E-state index is 12.4. The van der Waals surface area contributed by atoms with E-state index in [1.165, 1.54) is 11.3 Å². The van der Waals surface area contributed by atoms with E-state index in [0.29, 0.717) is 12.1 Å². The Balaban J connectivity index is 2.07. The molecule has 24 heavy (non-hydrogen) atoms. The molecule has 0 aliphatic heterocycles. The molecule has 2 rings (SSSR count). The van der Waals surface area contributed by atoms with Gasteiger partial charge in [-0.2, -0.15) is 0 Å². The van der Waals surface area contributed by atoms with Crippen molar-refractivity contribution in [3.8, 4) is 0 Å². The molecule has 0 unspecified atom stereocenters. The number of carbonyl (C=O) groups is 1. The Bertz CT molecular complexity index is 678. The summed E-state index contributed by atoms with van der Waals surface area (Å²) in [5, 5.41) is 3.05. The maximum Gasteiger partial charge on any atom is 0.251 e. The zero-order valence-electron chi connectivity index (χ0n) is 15.2. The second-order valence-corrected chi connectivity index (χ2v) is 6.54. The zero-order valence-corrected chi connectivity index (χ0v) is 15.2. The third-order valence-corrected chi connectivity index (χ3v) is 4.15. The summed E-state index contributed by atoms with van der Waals surface area (Å²) >= 11 is 0. The van der Waals surface area contributed by atoms with E-state index in [2.05, 4.69) is 39.4 Å². The molecule has 1 atom stereocenters. The lowest BCUT2D eigenvalue weighted by molar-refractivity contribution is 0.0942. The lowest BCUT2D eigenvalue weighted by Crippen LogP contribution is -2.34. The van der Waals surface area contributed by atoms with Gasteiger partial charge in [0.2, 0.25) is 0 Å². The van der Waals surface area contributed by atoms with E-state index in [4.69, 9.17) is 0 Å². The number of anilines is 1. The number of hydrogen-bond donors (Lipinski definition) is 1. The summed E-state index contributed by atoms with van der Waals surface area (Å²) in [7, 11) is 8.12.